The molecule has 1 aromatic carbocycles. The average Bonchev–Trinajstić information content (AvgIpc) is 3.16. The van der Waals surface area contributed by atoms with Crippen LogP contribution in [0.1, 0.15) is 85.1 Å². The third-order valence-electron chi connectivity index (χ3n) is 10.3. The van der Waals surface area contributed by atoms with Crippen molar-refractivity contribution in [2.24, 2.45) is 34.5 Å². The zero-order chi connectivity index (χ0) is 25.9. The number of nitrogens with one attached hydrogen (secondary N) is 3. The fourth-order valence-corrected chi connectivity index (χ4v) is 8.27. The molecule has 5 rings (SSSR count). The van der Waals surface area contributed by atoms with Crippen LogP contribution in [0.5, 0.6) is 0 Å². The minimum atomic E-state index is -0.506. The molecule has 1 heterocycles. The molecule has 3 aliphatic carbocycles. The molecule has 6 nitrogen and oxygen atoms in total. The van der Waals surface area contributed by atoms with Gasteiger partial charge in [-0.05, 0) is 93.2 Å². The summed E-state index contributed by atoms with van der Waals surface area (Å²) in [4.78, 5) is 37.1. The molecule has 194 valence electrons. The number of rotatable bonds is 4. The number of carbonyl (C=O) groups excluding carboxylic acids is 3. The van der Waals surface area contributed by atoms with Crippen LogP contribution < -0.4 is 16.0 Å². The maximum absolute atomic E-state index is 13.8. The number of anilines is 1. The molecule has 3 fully saturated rings. The molecule has 0 spiro atoms. The maximum Gasteiger partial charge on any atom is 0.224 e. The highest BCUT2D eigenvalue weighted by molar-refractivity contribution is 5.88. The Hall–Kier alpha value is -2.63. The van der Waals surface area contributed by atoms with E-state index in [1.54, 1.807) is 0 Å². The van der Waals surface area contributed by atoms with E-state index in [1.807, 2.05) is 24.3 Å². The number of piperidine rings is 1. The molecule has 6 atom stereocenters. The second-order valence-electron chi connectivity index (χ2n) is 12.7. The minimum absolute atomic E-state index is 0.0101. The summed E-state index contributed by atoms with van der Waals surface area (Å²) in [6.07, 6.45) is 9.10. The summed E-state index contributed by atoms with van der Waals surface area (Å²) < 4.78 is 0. The number of hydrogen-bond acceptors (Lipinski definition) is 3. The zero-order valence-corrected chi connectivity index (χ0v) is 22.4. The summed E-state index contributed by atoms with van der Waals surface area (Å²) in [5.74, 6) is 1.95. The Morgan fingerprint density at radius 1 is 1.03 bits per heavy atom. The van der Waals surface area contributed by atoms with Crippen LogP contribution in [0.25, 0.3) is 0 Å². The maximum atomic E-state index is 13.8. The van der Waals surface area contributed by atoms with Gasteiger partial charge in [0, 0.05) is 36.1 Å². The number of carbonyl (C=O) groups is 3. The van der Waals surface area contributed by atoms with Crippen molar-refractivity contribution < 1.29 is 14.4 Å². The first-order valence-electron chi connectivity index (χ1n) is 13.6. The first-order chi connectivity index (χ1) is 16.9. The summed E-state index contributed by atoms with van der Waals surface area (Å²) in [7, 11) is 0. The lowest BCUT2D eigenvalue weighted by molar-refractivity contribution is -0.134. The Morgan fingerprint density at radius 2 is 1.75 bits per heavy atom. The topological polar surface area (TPSA) is 87.3 Å². The number of hydrogen-bond donors (Lipinski definition) is 3. The number of amides is 3. The molecule has 0 unspecified atom stereocenters. The van der Waals surface area contributed by atoms with Crippen LogP contribution in [-0.4, -0.2) is 17.7 Å². The first kappa shape index (κ1) is 25.0. The Bertz CT molecular complexity index is 1110. The summed E-state index contributed by atoms with van der Waals surface area (Å²) >= 11 is 0. The lowest BCUT2D eigenvalue weighted by Crippen LogP contribution is -2.54. The van der Waals surface area contributed by atoms with Crippen molar-refractivity contribution in [2.45, 2.75) is 85.1 Å². The molecule has 3 amide bonds. The summed E-state index contributed by atoms with van der Waals surface area (Å²) in [6, 6.07) is 7.73. The lowest BCUT2D eigenvalue weighted by atomic mass is 9.49. The standard InChI is InChI=1S/C30H41N3O3/c1-18(34)31-20-8-6-19(7-9-20)28(2,3)33-27(36)24-12-11-22-21-10-13-25-30(5,17-15-26(35)32-25)23(21)14-16-29(22,24)4/h6-9,13,21-24H,10-12,14-17H2,1-5H3,(H,31,34)(H,32,35)(H,33,36)/t21-,22-,23-,24+,29-,30+/m0/s1. The lowest BCUT2D eigenvalue weighted by Gasteiger charge is -2.57. The van der Waals surface area contributed by atoms with E-state index in [1.165, 1.54) is 6.92 Å². The van der Waals surface area contributed by atoms with Gasteiger partial charge in [0.05, 0.1) is 5.54 Å². The van der Waals surface area contributed by atoms with Crippen LogP contribution >= 0.6 is 0 Å². The van der Waals surface area contributed by atoms with Crippen LogP contribution in [0.4, 0.5) is 5.69 Å². The highest BCUT2D eigenvalue weighted by Gasteiger charge is 2.60. The molecule has 1 saturated heterocycles. The van der Waals surface area contributed by atoms with Crippen molar-refractivity contribution in [1.29, 1.82) is 0 Å². The van der Waals surface area contributed by atoms with Gasteiger partial charge in [-0.2, -0.15) is 0 Å². The molecule has 2 saturated carbocycles. The molecule has 3 N–H and O–H groups in total. The van der Waals surface area contributed by atoms with Crippen molar-refractivity contribution >= 4 is 23.4 Å². The van der Waals surface area contributed by atoms with Gasteiger partial charge in [0.1, 0.15) is 0 Å². The molecule has 0 radical (unpaired) electrons. The van der Waals surface area contributed by atoms with E-state index in [-0.39, 0.29) is 34.5 Å². The number of benzene rings is 1. The molecule has 1 aliphatic heterocycles. The molecule has 1 aromatic rings. The van der Waals surface area contributed by atoms with Crippen LogP contribution in [-0.2, 0) is 19.9 Å². The molecular formula is C30H41N3O3. The molecule has 6 heteroatoms. The fraction of sp³-hybridized carbons (Fsp3) is 0.633. The smallest absolute Gasteiger partial charge is 0.224 e. The van der Waals surface area contributed by atoms with E-state index in [4.69, 9.17) is 0 Å². The van der Waals surface area contributed by atoms with E-state index in [0.29, 0.717) is 24.2 Å². The highest BCUT2D eigenvalue weighted by Crippen LogP contribution is 2.65. The summed E-state index contributed by atoms with van der Waals surface area (Å²) in [5.41, 5.74) is 2.49. The van der Waals surface area contributed by atoms with Crippen LogP contribution in [0.2, 0.25) is 0 Å². The summed E-state index contributed by atoms with van der Waals surface area (Å²) in [5, 5.41) is 9.36. The quantitative estimate of drug-likeness (QED) is 0.537. The molecule has 4 aliphatic rings. The van der Waals surface area contributed by atoms with Crippen LogP contribution in [0, 0.1) is 34.5 Å². The van der Waals surface area contributed by atoms with Crippen molar-refractivity contribution in [1.82, 2.24) is 10.6 Å². The van der Waals surface area contributed by atoms with Crippen LogP contribution in [0.15, 0.2) is 36.0 Å². The second kappa shape index (κ2) is 8.74. The minimum Gasteiger partial charge on any atom is -0.347 e. The van der Waals surface area contributed by atoms with Gasteiger partial charge < -0.3 is 16.0 Å². The molecule has 36 heavy (non-hydrogen) atoms. The zero-order valence-electron chi connectivity index (χ0n) is 22.4. The average molecular weight is 492 g/mol. The van der Waals surface area contributed by atoms with Gasteiger partial charge in [-0.3, -0.25) is 14.4 Å². The Balaban J connectivity index is 1.31. The SMILES string of the molecule is CC(=O)Nc1ccc(C(C)(C)NC(=O)[C@H]2CC[C@H]3[C@@H]4CC=C5NC(=O)CC[C@]5(C)[C@H]4CC[C@]23C)cc1. The molecular weight excluding hydrogens is 450 g/mol. The van der Waals surface area contributed by atoms with Gasteiger partial charge in [0.15, 0.2) is 0 Å². The van der Waals surface area contributed by atoms with Crippen molar-refractivity contribution in [3.05, 3.63) is 41.6 Å². The van der Waals surface area contributed by atoms with Gasteiger partial charge in [0.2, 0.25) is 17.7 Å². The summed E-state index contributed by atoms with van der Waals surface area (Å²) in [6.45, 7) is 10.3. The van der Waals surface area contributed by atoms with Crippen LogP contribution in [0.3, 0.4) is 0 Å². The predicted octanol–water partition coefficient (Wildman–Crippen LogP) is 5.26. The van der Waals surface area contributed by atoms with Crippen molar-refractivity contribution in [2.75, 3.05) is 5.32 Å². The third kappa shape index (κ3) is 4.06. The van der Waals surface area contributed by atoms with Gasteiger partial charge >= 0.3 is 0 Å². The largest absolute Gasteiger partial charge is 0.347 e. The van der Waals surface area contributed by atoms with Gasteiger partial charge in [-0.15, -0.1) is 0 Å². The number of fused-ring (bicyclic) bond motifs is 5. The third-order valence-corrected chi connectivity index (χ3v) is 10.3. The van der Waals surface area contributed by atoms with Crippen molar-refractivity contribution in [3.8, 4) is 0 Å². The van der Waals surface area contributed by atoms with E-state index in [9.17, 15) is 14.4 Å². The first-order valence-corrected chi connectivity index (χ1v) is 13.6. The van der Waals surface area contributed by atoms with E-state index in [2.05, 4.69) is 49.7 Å². The highest BCUT2D eigenvalue weighted by atomic mass is 16.2. The van der Waals surface area contributed by atoms with E-state index in [0.717, 1.165) is 55.5 Å². The number of allylic oxidation sites excluding steroid dienone is 2. The van der Waals surface area contributed by atoms with Gasteiger partial charge in [-0.1, -0.05) is 32.1 Å². The second-order valence-corrected chi connectivity index (χ2v) is 12.7. The molecule has 0 aromatic heterocycles. The Labute approximate surface area is 215 Å². The Morgan fingerprint density at radius 3 is 2.44 bits per heavy atom. The molecule has 0 bridgehead atoms. The van der Waals surface area contributed by atoms with Gasteiger partial charge in [-0.25, -0.2) is 0 Å². The Kier molecular flexibility index (Phi) is 6.08. The van der Waals surface area contributed by atoms with Gasteiger partial charge in [0.25, 0.3) is 0 Å². The monoisotopic (exact) mass is 491 g/mol. The predicted molar refractivity (Wildman–Crippen MR) is 141 cm³/mol. The van der Waals surface area contributed by atoms with E-state index >= 15 is 0 Å². The van der Waals surface area contributed by atoms with E-state index < -0.39 is 5.54 Å². The van der Waals surface area contributed by atoms with Crippen molar-refractivity contribution in [3.63, 3.8) is 0 Å². The fourth-order valence-electron chi connectivity index (χ4n) is 8.27. The normalized spacial score (nSPS) is 35.5.